The van der Waals surface area contributed by atoms with Crippen LogP contribution in [0.25, 0.3) is 10.9 Å². The molecule has 90 valence electrons. The molecule has 3 heteroatoms. The lowest BCUT2D eigenvalue weighted by Crippen LogP contribution is -2.25. The Hall–Kier alpha value is -1.48. The van der Waals surface area contributed by atoms with Gasteiger partial charge in [-0.2, -0.15) is 0 Å². The van der Waals surface area contributed by atoms with Gasteiger partial charge >= 0.3 is 0 Å². The highest BCUT2D eigenvalue weighted by molar-refractivity contribution is 5.93. The van der Waals surface area contributed by atoms with Gasteiger partial charge in [0.1, 0.15) is 0 Å². The van der Waals surface area contributed by atoms with E-state index in [2.05, 4.69) is 22.6 Å². The van der Waals surface area contributed by atoms with Crippen LogP contribution in [0.2, 0.25) is 0 Å². The van der Waals surface area contributed by atoms with Crippen molar-refractivity contribution in [3.8, 4) is 0 Å². The Balaban J connectivity index is 1.80. The summed E-state index contributed by atoms with van der Waals surface area (Å²) in [7, 11) is 0. The number of anilines is 1. The topological polar surface area (TPSA) is 53.8 Å². The van der Waals surface area contributed by atoms with Crippen molar-refractivity contribution in [3.05, 3.63) is 30.0 Å². The zero-order chi connectivity index (χ0) is 11.7. The van der Waals surface area contributed by atoms with E-state index in [-0.39, 0.29) is 0 Å². The van der Waals surface area contributed by atoms with E-state index in [9.17, 15) is 0 Å². The normalized spacial score (nSPS) is 16.9. The minimum Gasteiger partial charge on any atom is -0.398 e. The molecule has 1 saturated carbocycles. The second kappa shape index (κ2) is 4.41. The molecule has 4 N–H and O–H groups in total. The molecule has 1 fully saturated rings. The van der Waals surface area contributed by atoms with Gasteiger partial charge in [-0.25, -0.2) is 0 Å². The molecule has 1 heterocycles. The third-order valence-corrected chi connectivity index (χ3v) is 3.76. The Morgan fingerprint density at radius 1 is 1.29 bits per heavy atom. The molecule has 0 atom stereocenters. The number of aromatic nitrogens is 1. The molecule has 0 radical (unpaired) electrons. The lowest BCUT2D eigenvalue weighted by atomic mass is 10.1. The standard InChI is InChI=1S/C14H19N3/c15-12-6-3-7-13-14(12)10(9-17-13)8-16-11-4-1-2-5-11/h3,6-7,9,11,16-17H,1-2,4-5,8,15H2. The van der Waals surface area contributed by atoms with Crippen molar-refractivity contribution >= 4 is 16.6 Å². The smallest absolute Gasteiger partial charge is 0.0478 e. The Labute approximate surface area is 101 Å². The lowest BCUT2D eigenvalue weighted by Gasteiger charge is -2.11. The number of aromatic amines is 1. The Morgan fingerprint density at radius 3 is 2.94 bits per heavy atom. The van der Waals surface area contributed by atoms with Crippen LogP contribution in [0.15, 0.2) is 24.4 Å². The molecular formula is C14H19N3. The number of hydrogen-bond donors (Lipinski definition) is 3. The van der Waals surface area contributed by atoms with Gasteiger partial charge in [-0.05, 0) is 30.5 Å². The van der Waals surface area contributed by atoms with Gasteiger partial charge in [-0.3, -0.25) is 0 Å². The monoisotopic (exact) mass is 229 g/mol. The fourth-order valence-corrected chi connectivity index (χ4v) is 2.81. The third-order valence-electron chi connectivity index (χ3n) is 3.76. The van der Waals surface area contributed by atoms with E-state index in [1.54, 1.807) is 0 Å². The highest BCUT2D eigenvalue weighted by Crippen LogP contribution is 2.25. The Bertz CT molecular complexity index is 509. The maximum Gasteiger partial charge on any atom is 0.0478 e. The summed E-state index contributed by atoms with van der Waals surface area (Å²) in [6.45, 7) is 0.916. The van der Waals surface area contributed by atoms with Crippen LogP contribution in [-0.2, 0) is 6.54 Å². The van der Waals surface area contributed by atoms with Gasteiger partial charge in [0, 0.05) is 35.4 Å². The molecule has 0 aliphatic heterocycles. The first-order valence-corrected chi connectivity index (χ1v) is 6.42. The summed E-state index contributed by atoms with van der Waals surface area (Å²) in [6.07, 6.45) is 7.44. The van der Waals surface area contributed by atoms with Gasteiger partial charge in [0.05, 0.1) is 0 Å². The summed E-state index contributed by atoms with van der Waals surface area (Å²) in [5.74, 6) is 0. The number of nitrogens with two attached hydrogens (primary N) is 1. The number of nitrogens with one attached hydrogen (secondary N) is 2. The zero-order valence-electron chi connectivity index (χ0n) is 10.00. The van der Waals surface area contributed by atoms with E-state index < -0.39 is 0 Å². The van der Waals surface area contributed by atoms with Crippen molar-refractivity contribution in [2.75, 3.05) is 5.73 Å². The average Bonchev–Trinajstić information content (AvgIpc) is 2.95. The SMILES string of the molecule is Nc1cccc2[nH]cc(CNC3CCCC3)c12. The molecule has 0 amide bonds. The maximum atomic E-state index is 6.04. The summed E-state index contributed by atoms with van der Waals surface area (Å²) >= 11 is 0. The lowest BCUT2D eigenvalue weighted by molar-refractivity contribution is 0.525. The molecule has 1 aliphatic carbocycles. The van der Waals surface area contributed by atoms with Crippen LogP contribution in [0.1, 0.15) is 31.2 Å². The van der Waals surface area contributed by atoms with Gasteiger partial charge in [0.15, 0.2) is 0 Å². The Morgan fingerprint density at radius 2 is 2.12 bits per heavy atom. The van der Waals surface area contributed by atoms with Crippen LogP contribution in [0.4, 0.5) is 5.69 Å². The van der Waals surface area contributed by atoms with Crippen molar-refractivity contribution in [2.24, 2.45) is 0 Å². The molecule has 0 spiro atoms. The number of rotatable bonds is 3. The minimum absolute atomic E-state index is 0.699. The number of nitrogen functional groups attached to an aromatic ring is 1. The van der Waals surface area contributed by atoms with Gasteiger partial charge in [0.25, 0.3) is 0 Å². The minimum atomic E-state index is 0.699. The van der Waals surface area contributed by atoms with Gasteiger partial charge in [0.2, 0.25) is 0 Å². The quantitative estimate of drug-likeness (QED) is 0.709. The molecule has 1 aromatic heterocycles. The number of fused-ring (bicyclic) bond motifs is 1. The summed E-state index contributed by atoms with van der Waals surface area (Å²) < 4.78 is 0. The number of benzene rings is 1. The van der Waals surface area contributed by atoms with E-state index in [0.717, 1.165) is 17.7 Å². The summed E-state index contributed by atoms with van der Waals surface area (Å²) in [6, 6.07) is 6.73. The van der Waals surface area contributed by atoms with Crippen LogP contribution in [-0.4, -0.2) is 11.0 Å². The molecular weight excluding hydrogens is 210 g/mol. The average molecular weight is 229 g/mol. The second-order valence-corrected chi connectivity index (χ2v) is 4.95. The highest BCUT2D eigenvalue weighted by Gasteiger charge is 2.15. The molecule has 1 aromatic carbocycles. The van der Waals surface area contributed by atoms with Crippen LogP contribution in [0, 0.1) is 0 Å². The van der Waals surface area contributed by atoms with Crippen LogP contribution in [0.5, 0.6) is 0 Å². The molecule has 0 unspecified atom stereocenters. The first-order valence-electron chi connectivity index (χ1n) is 6.42. The molecule has 17 heavy (non-hydrogen) atoms. The van der Waals surface area contributed by atoms with E-state index in [1.165, 1.54) is 36.6 Å². The van der Waals surface area contributed by atoms with Crippen molar-refractivity contribution in [1.29, 1.82) is 0 Å². The molecule has 3 nitrogen and oxygen atoms in total. The van der Waals surface area contributed by atoms with E-state index in [4.69, 9.17) is 5.73 Å². The predicted octanol–water partition coefficient (Wildman–Crippen LogP) is 2.78. The van der Waals surface area contributed by atoms with Gasteiger partial charge in [-0.1, -0.05) is 18.9 Å². The molecule has 0 saturated heterocycles. The number of H-pyrrole nitrogens is 1. The predicted molar refractivity (Wildman–Crippen MR) is 71.8 cm³/mol. The molecule has 1 aliphatic rings. The third kappa shape index (κ3) is 2.03. The summed E-state index contributed by atoms with van der Waals surface area (Å²) in [5.41, 5.74) is 9.32. The van der Waals surface area contributed by atoms with Crippen molar-refractivity contribution in [1.82, 2.24) is 10.3 Å². The van der Waals surface area contributed by atoms with Crippen molar-refractivity contribution in [2.45, 2.75) is 38.3 Å². The summed E-state index contributed by atoms with van der Waals surface area (Å²) in [4.78, 5) is 3.28. The Kier molecular flexibility index (Phi) is 2.77. The van der Waals surface area contributed by atoms with E-state index in [1.807, 2.05) is 12.1 Å². The van der Waals surface area contributed by atoms with Gasteiger partial charge < -0.3 is 16.0 Å². The van der Waals surface area contributed by atoms with Gasteiger partial charge in [-0.15, -0.1) is 0 Å². The molecule has 3 rings (SSSR count). The zero-order valence-corrected chi connectivity index (χ0v) is 10.00. The molecule has 0 bridgehead atoms. The largest absolute Gasteiger partial charge is 0.398 e. The van der Waals surface area contributed by atoms with Crippen LogP contribution < -0.4 is 11.1 Å². The van der Waals surface area contributed by atoms with Crippen LogP contribution in [0.3, 0.4) is 0 Å². The number of hydrogen-bond acceptors (Lipinski definition) is 2. The first kappa shape index (κ1) is 10.7. The van der Waals surface area contributed by atoms with Crippen molar-refractivity contribution < 1.29 is 0 Å². The summed E-state index contributed by atoms with van der Waals surface area (Å²) in [5, 5.41) is 4.81. The fourth-order valence-electron chi connectivity index (χ4n) is 2.81. The van der Waals surface area contributed by atoms with Crippen LogP contribution >= 0.6 is 0 Å². The van der Waals surface area contributed by atoms with E-state index >= 15 is 0 Å². The maximum absolute atomic E-state index is 6.04. The fraction of sp³-hybridized carbons (Fsp3) is 0.429. The highest BCUT2D eigenvalue weighted by atomic mass is 14.9. The second-order valence-electron chi connectivity index (χ2n) is 4.95. The van der Waals surface area contributed by atoms with Crippen molar-refractivity contribution in [3.63, 3.8) is 0 Å². The van der Waals surface area contributed by atoms with E-state index in [0.29, 0.717) is 6.04 Å². The molecule has 2 aromatic rings. The first-order chi connectivity index (χ1) is 8.34.